The molecule has 1 aliphatic rings. The lowest BCUT2D eigenvalue weighted by molar-refractivity contribution is -0.0307. The van der Waals surface area contributed by atoms with Crippen LogP contribution < -0.4 is 0 Å². The lowest BCUT2D eigenvalue weighted by Crippen LogP contribution is -2.63. The zero-order chi connectivity index (χ0) is 27.2. The van der Waals surface area contributed by atoms with Crippen molar-refractivity contribution in [2.24, 2.45) is 11.8 Å². The highest BCUT2D eigenvalue weighted by molar-refractivity contribution is 6.74. The summed E-state index contributed by atoms with van der Waals surface area (Å²) in [6.45, 7) is 34.0. The highest BCUT2D eigenvalue weighted by atomic mass is 28.4. The van der Waals surface area contributed by atoms with E-state index in [2.05, 4.69) is 103 Å². The Labute approximate surface area is 221 Å². The fourth-order valence-corrected chi connectivity index (χ4v) is 14.3. The zero-order valence-corrected chi connectivity index (χ0v) is 27.7. The Morgan fingerprint density at radius 2 is 1.54 bits per heavy atom. The van der Waals surface area contributed by atoms with Crippen molar-refractivity contribution in [1.29, 1.82) is 0 Å². The topological polar surface area (TPSA) is 27.7 Å². The summed E-state index contributed by atoms with van der Waals surface area (Å²) in [5.41, 5.74) is 1.45. The second kappa shape index (κ2) is 13.0. The van der Waals surface area contributed by atoms with Crippen LogP contribution >= 0.6 is 0 Å². The zero-order valence-electron chi connectivity index (χ0n) is 25.7. The molecule has 0 bridgehead atoms. The summed E-state index contributed by atoms with van der Waals surface area (Å²) < 4.78 is 20.8. The lowest BCUT2D eigenvalue weighted by Gasteiger charge is -2.55. The molecule has 0 aromatic carbocycles. The first kappa shape index (κ1) is 32.8. The van der Waals surface area contributed by atoms with E-state index in [1.165, 1.54) is 23.7 Å². The van der Waals surface area contributed by atoms with Gasteiger partial charge in [0.1, 0.15) is 0 Å². The Morgan fingerprint density at radius 1 is 1.03 bits per heavy atom. The molecule has 0 aromatic heterocycles. The molecule has 1 aliphatic heterocycles. The van der Waals surface area contributed by atoms with Gasteiger partial charge in [0, 0.05) is 16.2 Å². The number of hydrogen-bond donors (Lipinski definition) is 0. The summed E-state index contributed by atoms with van der Waals surface area (Å²) in [4.78, 5) is 0. The third-order valence-electron chi connectivity index (χ3n) is 8.37. The van der Waals surface area contributed by atoms with E-state index in [4.69, 9.17) is 13.3 Å². The van der Waals surface area contributed by atoms with Crippen molar-refractivity contribution < 1.29 is 13.3 Å². The first-order valence-corrected chi connectivity index (χ1v) is 18.7. The molecule has 0 aromatic rings. The van der Waals surface area contributed by atoms with Crippen molar-refractivity contribution in [3.05, 3.63) is 24.3 Å². The molecular weight excluding hydrogens is 464 g/mol. The first-order valence-electron chi connectivity index (χ1n) is 14.3. The van der Waals surface area contributed by atoms with E-state index in [9.17, 15) is 0 Å². The van der Waals surface area contributed by atoms with E-state index >= 15 is 0 Å². The van der Waals surface area contributed by atoms with Crippen molar-refractivity contribution in [1.82, 2.24) is 0 Å². The van der Waals surface area contributed by atoms with Crippen LogP contribution in [0.4, 0.5) is 0 Å². The van der Waals surface area contributed by atoms with Crippen LogP contribution in [-0.2, 0) is 13.3 Å². The minimum absolute atomic E-state index is 0.00857. The van der Waals surface area contributed by atoms with E-state index in [1.54, 1.807) is 0 Å². The number of allylic oxidation sites excluding steroid dienone is 1. The number of rotatable bonds is 12. The summed E-state index contributed by atoms with van der Waals surface area (Å²) >= 11 is 0. The molecule has 0 amide bonds. The van der Waals surface area contributed by atoms with Gasteiger partial charge in [-0.05, 0) is 63.1 Å². The van der Waals surface area contributed by atoms with Crippen LogP contribution in [0.1, 0.15) is 109 Å². The van der Waals surface area contributed by atoms with Crippen molar-refractivity contribution in [3.8, 4) is 0 Å². The van der Waals surface area contributed by atoms with Gasteiger partial charge in [0.05, 0.1) is 12.2 Å². The van der Waals surface area contributed by atoms with Crippen molar-refractivity contribution in [2.45, 2.75) is 156 Å². The fourth-order valence-electron chi connectivity index (χ4n) is 6.25. The molecule has 0 aliphatic carbocycles. The first-order chi connectivity index (χ1) is 16.0. The van der Waals surface area contributed by atoms with Crippen molar-refractivity contribution in [2.75, 3.05) is 0 Å². The van der Waals surface area contributed by atoms with Gasteiger partial charge in [-0.3, -0.25) is 0 Å². The summed E-state index contributed by atoms with van der Waals surface area (Å²) in [6, 6.07) is 3.58. The van der Waals surface area contributed by atoms with Crippen LogP contribution in [0.5, 0.6) is 0 Å². The molecule has 5 atom stereocenters. The van der Waals surface area contributed by atoms with Gasteiger partial charge in [-0.15, -0.1) is 6.58 Å². The van der Waals surface area contributed by atoms with Gasteiger partial charge in [-0.25, -0.2) is 0 Å². The van der Waals surface area contributed by atoms with Gasteiger partial charge >= 0.3 is 8.56 Å². The lowest BCUT2D eigenvalue weighted by atomic mass is 9.91. The smallest absolute Gasteiger partial charge is 0.349 e. The monoisotopic (exact) mass is 524 g/mol. The highest BCUT2D eigenvalue weighted by Gasteiger charge is 2.61. The Bertz CT molecular complexity index is 662. The second-order valence-electron chi connectivity index (χ2n) is 13.4. The van der Waals surface area contributed by atoms with Crippen LogP contribution in [0.2, 0.25) is 28.2 Å². The van der Waals surface area contributed by atoms with Gasteiger partial charge in [0.15, 0.2) is 8.32 Å². The van der Waals surface area contributed by atoms with E-state index in [0.29, 0.717) is 11.8 Å². The Kier molecular flexibility index (Phi) is 12.2. The molecule has 1 rings (SSSR count). The summed E-state index contributed by atoms with van der Waals surface area (Å²) in [6.07, 6.45) is 8.17. The van der Waals surface area contributed by atoms with E-state index in [1.807, 2.05) is 6.08 Å². The average molecular weight is 525 g/mol. The maximum atomic E-state index is 7.08. The third-order valence-corrected chi connectivity index (χ3v) is 18.4. The SMILES string of the molecule is C=CC[C@@H](O[Si](CC)(CC)CC)[C@@H](C)C/C(C)=C/[C@@H](C)[C@H]1C[C@@H](C)O[Si](C(C)(C)C)(C(C)(C)C)O1. The third kappa shape index (κ3) is 8.14. The highest BCUT2D eigenvalue weighted by Crippen LogP contribution is 2.55. The maximum absolute atomic E-state index is 7.08. The minimum Gasteiger partial charge on any atom is -0.413 e. The van der Waals surface area contributed by atoms with Crippen LogP contribution in [0.25, 0.3) is 0 Å². The predicted molar refractivity (Wildman–Crippen MR) is 159 cm³/mol. The molecule has 0 unspecified atom stereocenters. The van der Waals surface area contributed by atoms with Gasteiger partial charge < -0.3 is 13.3 Å². The van der Waals surface area contributed by atoms with Gasteiger partial charge in [-0.1, -0.05) is 93.9 Å². The molecule has 1 heterocycles. The van der Waals surface area contributed by atoms with Crippen molar-refractivity contribution >= 4 is 16.9 Å². The van der Waals surface area contributed by atoms with Crippen LogP contribution in [0.3, 0.4) is 0 Å². The Morgan fingerprint density at radius 3 is 1.97 bits per heavy atom. The molecule has 1 saturated heterocycles. The molecule has 0 N–H and O–H groups in total. The second-order valence-corrected chi connectivity index (χ2v) is 22.8. The quantitative estimate of drug-likeness (QED) is 0.188. The maximum Gasteiger partial charge on any atom is 0.349 e. The van der Waals surface area contributed by atoms with Crippen LogP contribution in [0.15, 0.2) is 24.3 Å². The summed E-state index contributed by atoms with van der Waals surface area (Å²) in [5, 5.41) is 0.0171. The molecule has 3 nitrogen and oxygen atoms in total. The molecule has 0 saturated carbocycles. The van der Waals surface area contributed by atoms with E-state index < -0.39 is 16.9 Å². The molecular formula is C30H60O3Si2. The summed E-state index contributed by atoms with van der Waals surface area (Å²) in [5.74, 6) is 0.833. The standard InChI is InChI=1S/C30H60O3Si2/c1-15-19-27(32-34(16-2,17-3)18-4)24(6)20-23(5)21-25(7)28-22-26(8)31-35(33-28,29(9,10)11)30(12,13)14/h15,21,24-28H,1,16-20,22H2,2-14H3/b23-21+/t24-,25+,26+,27+,28+/m0/s1. The molecule has 0 radical (unpaired) electrons. The Balaban J connectivity index is 3.06. The van der Waals surface area contributed by atoms with Gasteiger partial charge in [0.25, 0.3) is 0 Å². The van der Waals surface area contributed by atoms with E-state index in [-0.39, 0.29) is 28.4 Å². The molecule has 35 heavy (non-hydrogen) atoms. The minimum atomic E-state index is -2.48. The normalized spacial score (nSPS) is 24.7. The molecule has 5 heteroatoms. The van der Waals surface area contributed by atoms with Gasteiger partial charge in [0.2, 0.25) is 0 Å². The number of hydrogen-bond acceptors (Lipinski definition) is 3. The fraction of sp³-hybridized carbons (Fsp3) is 0.867. The Hall–Kier alpha value is -0.206. The molecule has 0 spiro atoms. The molecule has 206 valence electrons. The average Bonchev–Trinajstić information content (AvgIpc) is 2.74. The molecule has 1 fully saturated rings. The van der Waals surface area contributed by atoms with E-state index in [0.717, 1.165) is 19.3 Å². The van der Waals surface area contributed by atoms with Crippen LogP contribution in [0, 0.1) is 11.8 Å². The van der Waals surface area contributed by atoms with Crippen molar-refractivity contribution in [3.63, 3.8) is 0 Å². The predicted octanol–water partition coefficient (Wildman–Crippen LogP) is 9.80. The summed E-state index contributed by atoms with van der Waals surface area (Å²) in [7, 11) is -4.13. The van der Waals surface area contributed by atoms with Crippen LogP contribution in [-0.4, -0.2) is 35.2 Å². The van der Waals surface area contributed by atoms with Gasteiger partial charge in [-0.2, -0.15) is 0 Å². The largest absolute Gasteiger partial charge is 0.413 e.